The number of allylic oxidation sites excluding steroid dienone is 5. The van der Waals surface area contributed by atoms with E-state index in [9.17, 15) is 0 Å². The molecule has 4 aromatic rings. The summed E-state index contributed by atoms with van der Waals surface area (Å²) in [4.78, 5) is 12.0. The Hall–Kier alpha value is -3.97. The van der Waals surface area contributed by atoms with Gasteiger partial charge in [0.05, 0.1) is 19.4 Å². The van der Waals surface area contributed by atoms with Gasteiger partial charge in [0.1, 0.15) is 11.3 Å². The first-order valence-electron chi connectivity index (χ1n) is 13.3. The second-order valence-electron chi connectivity index (χ2n) is 9.10. The van der Waals surface area contributed by atoms with Gasteiger partial charge in [0.25, 0.3) is 5.95 Å². The van der Waals surface area contributed by atoms with Gasteiger partial charge in [-0.1, -0.05) is 68.0 Å². The van der Waals surface area contributed by atoms with Crippen LogP contribution in [0.5, 0.6) is 0 Å². The van der Waals surface area contributed by atoms with Gasteiger partial charge >= 0.3 is 0 Å². The minimum Gasteiger partial charge on any atom is -0.451 e. The quantitative estimate of drug-likeness (QED) is 0.193. The van der Waals surface area contributed by atoms with E-state index in [1.807, 2.05) is 25.4 Å². The minimum absolute atomic E-state index is 0.526. The number of morpholine rings is 1. The van der Waals surface area contributed by atoms with Crippen LogP contribution in [0.2, 0.25) is 0 Å². The Balaban J connectivity index is 0.00000107. The molecule has 4 heterocycles. The Morgan fingerprint density at radius 2 is 1.89 bits per heavy atom. The van der Waals surface area contributed by atoms with Crippen LogP contribution in [0.15, 0.2) is 78.0 Å². The van der Waals surface area contributed by atoms with Gasteiger partial charge < -0.3 is 14.1 Å². The van der Waals surface area contributed by atoms with Crippen molar-refractivity contribution in [1.29, 1.82) is 0 Å². The number of aryl methyl sites for hydroxylation is 1. The molecule has 1 aliphatic heterocycles. The van der Waals surface area contributed by atoms with E-state index in [1.54, 1.807) is 10.8 Å². The Bertz CT molecular complexity index is 1420. The SMILES string of the molecule is C=CC.CC/C=C/C=C(\CC)c1cc2nc(-n3cc(-c4cccc(C)c4)cn3)nc(N3CCOCC3)c2o1. The Morgan fingerprint density at radius 3 is 2.61 bits per heavy atom. The highest BCUT2D eigenvalue weighted by atomic mass is 16.5. The maximum absolute atomic E-state index is 6.38. The van der Waals surface area contributed by atoms with Gasteiger partial charge in [-0.25, -0.2) is 9.67 Å². The average Bonchev–Trinajstić information content (AvgIpc) is 3.59. The highest BCUT2D eigenvalue weighted by molar-refractivity contribution is 5.88. The van der Waals surface area contributed by atoms with Crippen LogP contribution < -0.4 is 4.90 Å². The van der Waals surface area contributed by atoms with Gasteiger partial charge in [-0.05, 0) is 37.8 Å². The van der Waals surface area contributed by atoms with Crippen LogP contribution in [0.25, 0.3) is 33.7 Å². The van der Waals surface area contributed by atoms with E-state index in [-0.39, 0.29) is 0 Å². The van der Waals surface area contributed by atoms with Crippen LogP contribution in [0.4, 0.5) is 5.82 Å². The van der Waals surface area contributed by atoms with Crippen molar-refractivity contribution < 1.29 is 9.15 Å². The number of anilines is 1. The van der Waals surface area contributed by atoms with Crippen LogP contribution >= 0.6 is 0 Å². The summed E-state index contributed by atoms with van der Waals surface area (Å²) in [5.74, 6) is 2.13. The molecule has 1 saturated heterocycles. The minimum atomic E-state index is 0.526. The van der Waals surface area contributed by atoms with Gasteiger partial charge in [0.15, 0.2) is 11.4 Å². The van der Waals surface area contributed by atoms with Crippen molar-refractivity contribution in [2.24, 2.45) is 0 Å². The van der Waals surface area contributed by atoms with Crippen molar-refractivity contribution in [3.8, 4) is 17.1 Å². The number of nitrogens with zero attached hydrogens (tertiary/aromatic N) is 5. The van der Waals surface area contributed by atoms with E-state index in [4.69, 9.17) is 19.1 Å². The molecule has 0 unspecified atom stereocenters. The number of rotatable bonds is 7. The van der Waals surface area contributed by atoms with Crippen LogP contribution in [0.3, 0.4) is 0 Å². The van der Waals surface area contributed by atoms with E-state index in [2.05, 4.69) is 79.8 Å². The maximum Gasteiger partial charge on any atom is 0.253 e. The molecule has 0 saturated carbocycles. The summed E-state index contributed by atoms with van der Waals surface area (Å²) >= 11 is 0. The lowest BCUT2D eigenvalue weighted by Gasteiger charge is -2.27. The third kappa shape index (κ3) is 6.29. The molecular weight excluding hydrogens is 474 g/mol. The number of hydrogen-bond acceptors (Lipinski definition) is 6. The number of ether oxygens (including phenoxy) is 1. The fourth-order valence-electron chi connectivity index (χ4n) is 4.25. The molecule has 1 aromatic carbocycles. The average molecular weight is 512 g/mol. The molecule has 0 radical (unpaired) electrons. The van der Waals surface area contributed by atoms with Crippen molar-refractivity contribution in [3.05, 3.63) is 84.9 Å². The second kappa shape index (κ2) is 13.0. The monoisotopic (exact) mass is 511 g/mol. The van der Waals surface area contributed by atoms with E-state index >= 15 is 0 Å². The first-order valence-corrected chi connectivity index (χ1v) is 13.3. The fraction of sp³-hybridized carbons (Fsp3) is 0.323. The van der Waals surface area contributed by atoms with Gasteiger partial charge in [0, 0.05) is 30.9 Å². The van der Waals surface area contributed by atoms with Gasteiger partial charge in [-0.15, -0.1) is 6.58 Å². The van der Waals surface area contributed by atoms with Crippen LogP contribution in [-0.2, 0) is 4.74 Å². The third-order valence-corrected chi connectivity index (χ3v) is 6.16. The number of benzene rings is 1. The summed E-state index contributed by atoms with van der Waals surface area (Å²) in [5, 5.41) is 4.59. The second-order valence-corrected chi connectivity index (χ2v) is 9.10. The lowest BCUT2D eigenvalue weighted by atomic mass is 10.1. The summed E-state index contributed by atoms with van der Waals surface area (Å²) in [6.07, 6.45) is 13.8. The molecule has 38 heavy (non-hydrogen) atoms. The standard InChI is InChI=1S/C28H31N5O2.C3H6/c1-4-6-7-10-21(5-2)25-17-24-26(35-25)27(32-12-14-34-15-13-32)31-28(30-24)33-19-23(18-29-33)22-11-8-9-20(3)16-22;1-3-2/h6-11,16-19H,4-5,12-15H2,1-3H3;3H,1H2,2H3/b7-6+,21-10+;. The molecule has 0 bridgehead atoms. The normalized spacial score (nSPS) is 14.1. The molecule has 3 aromatic heterocycles. The van der Waals surface area contributed by atoms with E-state index < -0.39 is 0 Å². The summed E-state index contributed by atoms with van der Waals surface area (Å²) in [6, 6.07) is 10.4. The molecule has 0 aliphatic carbocycles. The first-order chi connectivity index (χ1) is 18.6. The smallest absolute Gasteiger partial charge is 0.253 e. The van der Waals surface area contributed by atoms with Gasteiger partial charge in [0.2, 0.25) is 0 Å². The lowest BCUT2D eigenvalue weighted by molar-refractivity contribution is 0.122. The van der Waals surface area contributed by atoms with Crippen molar-refractivity contribution >= 4 is 22.5 Å². The summed E-state index contributed by atoms with van der Waals surface area (Å²) in [5.41, 5.74) is 5.96. The van der Waals surface area contributed by atoms with Crippen molar-refractivity contribution in [3.63, 3.8) is 0 Å². The van der Waals surface area contributed by atoms with Crippen LogP contribution in [-0.4, -0.2) is 46.1 Å². The highest BCUT2D eigenvalue weighted by Gasteiger charge is 2.22. The summed E-state index contributed by atoms with van der Waals surface area (Å²) < 4.78 is 13.7. The molecule has 1 fully saturated rings. The van der Waals surface area contributed by atoms with Gasteiger partial charge in [-0.2, -0.15) is 10.1 Å². The van der Waals surface area contributed by atoms with E-state index in [1.165, 1.54) is 5.56 Å². The van der Waals surface area contributed by atoms with Crippen LogP contribution in [0, 0.1) is 6.92 Å². The first kappa shape index (κ1) is 27.1. The molecule has 198 valence electrons. The lowest BCUT2D eigenvalue weighted by Crippen LogP contribution is -2.37. The van der Waals surface area contributed by atoms with Crippen LogP contribution in [0.1, 0.15) is 44.9 Å². The van der Waals surface area contributed by atoms with E-state index in [0.29, 0.717) is 24.7 Å². The molecule has 0 N–H and O–H groups in total. The van der Waals surface area contributed by atoms with Gasteiger partial charge in [-0.3, -0.25) is 0 Å². The van der Waals surface area contributed by atoms with Crippen molar-refractivity contribution in [1.82, 2.24) is 19.7 Å². The number of hydrogen-bond donors (Lipinski definition) is 0. The Morgan fingerprint density at radius 1 is 1.11 bits per heavy atom. The molecule has 0 amide bonds. The largest absolute Gasteiger partial charge is 0.451 e. The zero-order chi connectivity index (χ0) is 26.9. The zero-order valence-corrected chi connectivity index (χ0v) is 22.9. The maximum atomic E-state index is 6.38. The molecule has 7 heteroatoms. The van der Waals surface area contributed by atoms with E-state index in [0.717, 1.165) is 59.7 Å². The number of fused-ring (bicyclic) bond motifs is 1. The predicted molar refractivity (Wildman–Crippen MR) is 156 cm³/mol. The Labute approximate surface area is 225 Å². The van der Waals surface area contributed by atoms with Crippen molar-refractivity contribution in [2.75, 3.05) is 31.2 Å². The number of aromatic nitrogens is 4. The fourth-order valence-corrected chi connectivity index (χ4v) is 4.25. The topological polar surface area (TPSA) is 69.2 Å². The third-order valence-electron chi connectivity index (χ3n) is 6.16. The molecule has 7 nitrogen and oxygen atoms in total. The zero-order valence-electron chi connectivity index (χ0n) is 22.9. The predicted octanol–water partition coefficient (Wildman–Crippen LogP) is 7.17. The number of furan rings is 1. The molecular formula is C31H37N5O2. The molecule has 0 spiro atoms. The highest BCUT2D eigenvalue weighted by Crippen LogP contribution is 2.32. The molecule has 1 aliphatic rings. The molecule has 0 atom stereocenters. The summed E-state index contributed by atoms with van der Waals surface area (Å²) in [6.45, 7) is 14.4. The summed E-state index contributed by atoms with van der Waals surface area (Å²) in [7, 11) is 0. The van der Waals surface area contributed by atoms with Crippen molar-refractivity contribution in [2.45, 2.75) is 40.5 Å². The molecule has 5 rings (SSSR count). The Kier molecular flexibility index (Phi) is 9.27.